The fourth-order valence-electron chi connectivity index (χ4n) is 2.16. The van der Waals surface area contributed by atoms with Gasteiger partial charge in [0.15, 0.2) is 5.65 Å². The number of nitrogens with zero attached hydrogens (tertiary/aromatic N) is 4. The van der Waals surface area contributed by atoms with Gasteiger partial charge in [-0.25, -0.2) is 18.4 Å². The molecule has 0 saturated heterocycles. The van der Waals surface area contributed by atoms with E-state index in [0.717, 1.165) is 4.68 Å². The molecule has 0 aromatic carbocycles. The Labute approximate surface area is 108 Å². The summed E-state index contributed by atoms with van der Waals surface area (Å²) in [5, 5.41) is 4.31. The molecule has 2 aromatic rings. The van der Waals surface area contributed by atoms with Gasteiger partial charge < -0.3 is 0 Å². The van der Waals surface area contributed by atoms with Crippen molar-refractivity contribution in [2.45, 2.75) is 39.7 Å². The zero-order chi connectivity index (χ0) is 14.3. The second-order valence-electron chi connectivity index (χ2n) is 4.85. The molecule has 0 N–H and O–H groups in total. The summed E-state index contributed by atoms with van der Waals surface area (Å²) in [5.41, 5.74) is 0.426. The van der Waals surface area contributed by atoms with Gasteiger partial charge in [-0.2, -0.15) is 5.10 Å². The molecule has 0 spiro atoms. The Kier molecular flexibility index (Phi) is 3.38. The molecule has 2 rings (SSSR count). The van der Waals surface area contributed by atoms with Gasteiger partial charge in [0.1, 0.15) is 17.8 Å². The van der Waals surface area contributed by atoms with E-state index in [-0.39, 0.29) is 17.1 Å². The molecule has 0 aliphatic rings. The van der Waals surface area contributed by atoms with E-state index in [4.69, 9.17) is 0 Å². The Bertz CT molecular complexity index is 672. The van der Waals surface area contributed by atoms with Gasteiger partial charge in [-0.3, -0.25) is 9.36 Å². The van der Waals surface area contributed by atoms with Crippen LogP contribution in [0, 0.1) is 6.92 Å². The molecule has 5 nitrogen and oxygen atoms in total. The van der Waals surface area contributed by atoms with Crippen LogP contribution in [0.25, 0.3) is 11.0 Å². The molecule has 7 heteroatoms. The highest BCUT2D eigenvalue weighted by Gasteiger charge is 2.19. The largest absolute Gasteiger partial charge is 0.299 e. The zero-order valence-corrected chi connectivity index (χ0v) is 11.3. The van der Waals surface area contributed by atoms with Crippen molar-refractivity contribution in [1.82, 2.24) is 19.3 Å². The first-order chi connectivity index (χ1) is 8.82. The molecular formula is C12H16F2N4O. The number of rotatable bonds is 3. The van der Waals surface area contributed by atoms with Crippen LogP contribution in [-0.2, 0) is 13.6 Å². The molecule has 2 aromatic heterocycles. The molecule has 0 aliphatic carbocycles. The lowest BCUT2D eigenvalue weighted by molar-refractivity contribution is 0.123. The van der Waals surface area contributed by atoms with Crippen molar-refractivity contribution in [3.8, 4) is 0 Å². The van der Waals surface area contributed by atoms with Gasteiger partial charge in [-0.15, -0.1) is 0 Å². The number of alkyl halides is 2. The molecular weight excluding hydrogens is 254 g/mol. The number of fused-ring (bicyclic) bond motifs is 1. The van der Waals surface area contributed by atoms with Crippen LogP contribution in [0.2, 0.25) is 0 Å². The third-order valence-electron chi connectivity index (χ3n) is 3.01. The summed E-state index contributed by atoms with van der Waals surface area (Å²) < 4.78 is 27.6. The molecule has 0 saturated carbocycles. The van der Waals surface area contributed by atoms with Crippen molar-refractivity contribution < 1.29 is 8.78 Å². The quantitative estimate of drug-likeness (QED) is 0.855. The maximum Gasteiger partial charge on any atom is 0.264 e. The fraction of sp³-hybridized carbons (Fsp3) is 0.583. The zero-order valence-electron chi connectivity index (χ0n) is 11.3. The highest BCUT2D eigenvalue weighted by molar-refractivity contribution is 5.77. The second kappa shape index (κ2) is 4.71. The van der Waals surface area contributed by atoms with Gasteiger partial charge >= 0.3 is 0 Å². The molecule has 2 heterocycles. The van der Waals surface area contributed by atoms with Crippen LogP contribution in [0.3, 0.4) is 0 Å². The maximum absolute atomic E-state index is 12.5. The van der Waals surface area contributed by atoms with E-state index >= 15 is 0 Å². The number of aryl methyl sites for hydroxylation is 1. The summed E-state index contributed by atoms with van der Waals surface area (Å²) in [5.74, 6) is 0.588. The van der Waals surface area contributed by atoms with Gasteiger partial charge in [0.2, 0.25) is 0 Å². The minimum absolute atomic E-state index is 0.0253. The van der Waals surface area contributed by atoms with E-state index in [1.807, 2.05) is 13.8 Å². The Morgan fingerprint density at radius 2 is 1.95 bits per heavy atom. The number of aromatic nitrogens is 4. The van der Waals surface area contributed by atoms with E-state index < -0.39 is 13.0 Å². The SMILES string of the molecule is Cc1nn(CC(F)F)c2nc(C(C)C)n(C)c(=O)c12. The summed E-state index contributed by atoms with van der Waals surface area (Å²) in [6, 6.07) is 0. The summed E-state index contributed by atoms with van der Waals surface area (Å²) in [6.07, 6.45) is -2.53. The molecule has 0 radical (unpaired) electrons. The van der Waals surface area contributed by atoms with Crippen LogP contribution < -0.4 is 5.56 Å². The van der Waals surface area contributed by atoms with Crippen LogP contribution >= 0.6 is 0 Å². The summed E-state index contributed by atoms with van der Waals surface area (Å²) in [7, 11) is 1.63. The van der Waals surface area contributed by atoms with Gasteiger partial charge in [-0.05, 0) is 6.92 Å². The standard InChI is InChI=1S/C12H16F2N4O/c1-6(2)10-15-11-9(12(19)17(10)4)7(3)16-18(11)5-8(13)14/h6,8H,5H2,1-4H3. The molecule has 0 bridgehead atoms. The van der Waals surface area contributed by atoms with Crippen molar-refractivity contribution in [3.05, 3.63) is 21.9 Å². The van der Waals surface area contributed by atoms with Crippen LogP contribution in [0.4, 0.5) is 8.78 Å². The van der Waals surface area contributed by atoms with Crippen molar-refractivity contribution >= 4 is 11.0 Å². The average Bonchev–Trinajstić information content (AvgIpc) is 2.59. The lowest BCUT2D eigenvalue weighted by atomic mass is 10.2. The van der Waals surface area contributed by atoms with Crippen LogP contribution in [-0.4, -0.2) is 25.8 Å². The van der Waals surface area contributed by atoms with E-state index in [0.29, 0.717) is 16.9 Å². The average molecular weight is 270 g/mol. The molecule has 104 valence electrons. The van der Waals surface area contributed by atoms with Gasteiger partial charge in [-0.1, -0.05) is 13.8 Å². The molecule has 19 heavy (non-hydrogen) atoms. The van der Waals surface area contributed by atoms with Crippen molar-refractivity contribution in [3.63, 3.8) is 0 Å². The van der Waals surface area contributed by atoms with Crippen LogP contribution in [0.5, 0.6) is 0 Å². The molecule has 0 aliphatic heterocycles. The van der Waals surface area contributed by atoms with Crippen molar-refractivity contribution in [2.75, 3.05) is 0 Å². The number of hydrogen-bond acceptors (Lipinski definition) is 3. The van der Waals surface area contributed by atoms with E-state index in [9.17, 15) is 13.6 Å². The lowest BCUT2D eigenvalue weighted by Crippen LogP contribution is -2.23. The molecule has 0 atom stereocenters. The first-order valence-corrected chi connectivity index (χ1v) is 6.05. The van der Waals surface area contributed by atoms with Crippen molar-refractivity contribution in [2.24, 2.45) is 7.05 Å². The summed E-state index contributed by atoms with van der Waals surface area (Å²) >= 11 is 0. The topological polar surface area (TPSA) is 52.7 Å². The second-order valence-corrected chi connectivity index (χ2v) is 4.85. The minimum atomic E-state index is -2.53. The first-order valence-electron chi connectivity index (χ1n) is 6.05. The predicted octanol–water partition coefficient (Wildman–Crippen LogP) is 1.83. The smallest absolute Gasteiger partial charge is 0.264 e. The lowest BCUT2D eigenvalue weighted by Gasteiger charge is -2.11. The maximum atomic E-state index is 12.5. The molecule has 0 amide bonds. The van der Waals surface area contributed by atoms with Crippen molar-refractivity contribution in [1.29, 1.82) is 0 Å². The first kappa shape index (κ1) is 13.6. The molecule has 0 unspecified atom stereocenters. The monoisotopic (exact) mass is 270 g/mol. The van der Waals surface area contributed by atoms with E-state index in [1.54, 1.807) is 14.0 Å². The Balaban J connectivity index is 2.79. The summed E-state index contributed by atoms with van der Waals surface area (Å²) in [6.45, 7) is 4.87. The number of halogens is 2. The Hall–Kier alpha value is -1.79. The Morgan fingerprint density at radius 3 is 2.47 bits per heavy atom. The Morgan fingerprint density at radius 1 is 1.32 bits per heavy atom. The normalized spacial score (nSPS) is 12.0. The fourth-order valence-corrected chi connectivity index (χ4v) is 2.16. The van der Waals surface area contributed by atoms with Crippen LogP contribution in [0.1, 0.15) is 31.3 Å². The summed E-state index contributed by atoms with van der Waals surface area (Å²) in [4.78, 5) is 16.6. The third kappa shape index (κ3) is 2.24. The number of hydrogen-bond donors (Lipinski definition) is 0. The third-order valence-corrected chi connectivity index (χ3v) is 3.01. The molecule has 0 fully saturated rings. The van der Waals surface area contributed by atoms with E-state index in [2.05, 4.69) is 10.1 Å². The van der Waals surface area contributed by atoms with Gasteiger partial charge in [0.05, 0.1) is 5.69 Å². The minimum Gasteiger partial charge on any atom is -0.299 e. The highest BCUT2D eigenvalue weighted by Crippen LogP contribution is 2.17. The van der Waals surface area contributed by atoms with Crippen LogP contribution in [0.15, 0.2) is 4.79 Å². The highest BCUT2D eigenvalue weighted by atomic mass is 19.3. The predicted molar refractivity (Wildman–Crippen MR) is 67.6 cm³/mol. The van der Waals surface area contributed by atoms with E-state index in [1.165, 1.54) is 4.57 Å². The van der Waals surface area contributed by atoms with Gasteiger partial charge in [0.25, 0.3) is 12.0 Å². The van der Waals surface area contributed by atoms with Gasteiger partial charge in [0, 0.05) is 13.0 Å².